The Morgan fingerprint density at radius 2 is 2.04 bits per heavy atom. The minimum absolute atomic E-state index is 0.00618. The van der Waals surface area contributed by atoms with E-state index in [1.54, 1.807) is 0 Å². The molecule has 2 aromatic heterocycles. The lowest BCUT2D eigenvalue weighted by Crippen LogP contribution is -2.40. The maximum atomic E-state index is 12.6. The van der Waals surface area contributed by atoms with E-state index in [4.69, 9.17) is 0 Å². The molecule has 1 fully saturated rings. The summed E-state index contributed by atoms with van der Waals surface area (Å²) in [5.41, 5.74) is -0.206. The van der Waals surface area contributed by atoms with Crippen LogP contribution in [0.2, 0.25) is 0 Å². The van der Waals surface area contributed by atoms with Crippen molar-refractivity contribution < 1.29 is 13.6 Å². The lowest BCUT2D eigenvalue weighted by Gasteiger charge is -2.32. The van der Waals surface area contributed by atoms with E-state index in [0.29, 0.717) is 24.5 Å². The average molecular weight is 382 g/mol. The van der Waals surface area contributed by atoms with Gasteiger partial charge in [0.05, 0.1) is 17.0 Å². The van der Waals surface area contributed by atoms with Crippen molar-refractivity contribution in [2.75, 3.05) is 13.1 Å². The number of hydrogen-bond donors (Lipinski definition) is 0. The molecule has 6 nitrogen and oxygen atoms in total. The molecule has 0 bridgehead atoms. The predicted octanol–water partition coefficient (Wildman–Crippen LogP) is 2.81. The van der Waals surface area contributed by atoms with E-state index in [1.807, 2.05) is 18.7 Å². The number of carbonyl (C=O) groups is 1. The molecule has 2 aromatic rings. The van der Waals surface area contributed by atoms with Gasteiger partial charge in [-0.3, -0.25) is 14.2 Å². The molecule has 1 saturated heterocycles. The zero-order chi connectivity index (χ0) is 18.8. The van der Waals surface area contributed by atoms with Crippen LogP contribution in [-0.2, 0) is 6.54 Å². The van der Waals surface area contributed by atoms with Crippen LogP contribution >= 0.6 is 11.3 Å². The van der Waals surface area contributed by atoms with Crippen molar-refractivity contribution >= 4 is 17.2 Å². The molecule has 140 valence electrons. The molecule has 0 N–H and O–H groups in total. The number of halogens is 2. The molecule has 0 unspecified atom stereocenters. The van der Waals surface area contributed by atoms with Crippen LogP contribution in [0.5, 0.6) is 0 Å². The van der Waals surface area contributed by atoms with Crippen LogP contribution in [0.15, 0.2) is 17.2 Å². The summed E-state index contributed by atoms with van der Waals surface area (Å²) in [5, 5.41) is 0.875. The summed E-state index contributed by atoms with van der Waals surface area (Å²) in [7, 11) is 0. The van der Waals surface area contributed by atoms with Crippen molar-refractivity contribution in [3.63, 3.8) is 0 Å². The highest BCUT2D eigenvalue weighted by atomic mass is 32.1. The van der Waals surface area contributed by atoms with Crippen molar-refractivity contribution in [2.45, 2.75) is 39.7 Å². The molecule has 1 amide bonds. The smallest absolute Gasteiger partial charge is 0.280 e. The SMILES string of the molecule is Cc1nc(C)c(C(=O)N2CCC(Cn3cnc(C(F)F)cc3=O)CC2)s1. The van der Waals surface area contributed by atoms with E-state index >= 15 is 0 Å². The average Bonchev–Trinajstić information content (AvgIpc) is 2.95. The minimum atomic E-state index is -2.74. The van der Waals surface area contributed by atoms with Crippen LogP contribution < -0.4 is 5.56 Å². The van der Waals surface area contributed by atoms with Crippen LogP contribution in [0.3, 0.4) is 0 Å². The maximum Gasteiger partial charge on any atom is 0.280 e. The van der Waals surface area contributed by atoms with Gasteiger partial charge in [0.15, 0.2) is 0 Å². The number of rotatable bonds is 4. The number of nitrogens with zero attached hydrogens (tertiary/aromatic N) is 4. The number of thiazole rings is 1. The minimum Gasteiger partial charge on any atom is -0.338 e. The van der Waals surface area contributed by atoms with Crippen LogP contribution in [-0.4, -0.2) is 38.4 Å². The molecule has 0 saturated carbocycles. The number of alkyl halides is 2. The molecular formula is C17H20F2N4O2S. The molecule has 3 rings (SSSR count). The van der Waals surface area contributed by atoms with Crippen molar-refractivity contribution in [1.29, 1.82) is 0 Å². The summed E-state index contributed by atoms with van der Waals surface area (Å²) in [5.74, 6) is 0.215. The Labute approximate surface area is 153 Å². The number of carbonyl (C=O) groups excluding carboxylic acids is 1. The zero-order valence-electron chi connectivity index (χ0n) is 14.6. The lowest BCUT2D eigenvalue weighted by molar-refractivity contribution is 0.0686. The monoisotopic (exact) mass is 382 g/mol. The molecular weight excluding hydrogens is 362 g/mol. The molecule has 1 aliphatic heterocycles. The number of hydrogen-bond acceptors (Lipinski definition) is 5. The fraction of sp³-hybridized carbons (Fsp3) is 0.529. The van der Waals surface area contributed by atoms with Crippen molar-refractivity contribution in [3.8, 4) is 0 Å². The Hall–Kier alpha value is -2.16. The number of aromatic nitrogens is 3. The van der Waals surface area contributed by atoms with E-state index in [2.05, 4.69) is 9.97 Å². The lowest BCUT2D eigenvalue weighted by atomic mass is 9.96. The highest BCUT2D eigenvalue weighted by molar-refractivity contribution is 7.13. The second-order valence-electron chi connectivity index (χ2n) is 6.49. The first-order chi connectivity index (χ1) is 12.3. The summed E-state index contributed by atoms with van der Waals surface area (Å²) in [4.78, 5) is 35.0. The van der Waals surface area contributed by atoms with Crippen LogP contribution in [0, 0.1) is 19.8 Å². The molecule has 3 heterocycles. The van der Waals surface area contributed by atoms with Gasteiger partial charge in [0, 0.05) is 25.7 Å². The molecule has 0 spiro atoms. The number of piperidine rings is 1. The first-order valence-electron chi connectivity index (χ1n) is 8.43. The summed E-state index contributed by atoms with van der Waals surface area (Å²) in [6.07, 6.45) is -0.0485. The summed E-state index contributed by atoms with van der Waals surface area (Å²) in [6.45, 7) is 5.36. The van der Waals surface area contributed by atoms with Crippen LogP contribution in [0.1, 0.15) is 45.3 Å². The fourth-order valence-corrected chi connectivity index (χ4v) is 4.05. The Morgan fingerprint density at radius 1 is 1.35 bits per heavy atom. The third-order valence-corrected chi connectivity index (χ3v) is 5.64. The van der Waals surface area contributed by atoms with Gasteiger partial charge in [-0.25, -0.2) is 18.7 Å². The predicted molar refractivity (Wildman–Crippen MR) is 93.7 cm³/mol. The van der Waals surface area contributed by atoms with E-state index in [-0.39, 0.29) is 11.8 Å². The van der Waals surface area contributed by atoms with Crippen molar-refractivity contribution in [3.05, 3.63) is 44.0 Å². The van der Waals surface area contributed by atoms with Gasteiger partial charge in [0.2, 0.25) is 0 Å². The van der Waals surface area contributed by atoms with Gasteiger partial charge in [0.25, 0.3) is 17.9 Å². The maximum absolute atomic E-state index is 12.6. The van der Waals surface area contributed by atoms with E-state index in [9.17, 15) is 18.4 Å². The zero-order valence-corrected chi connectivity index (χ0v) is 15.4. The standard InChI is InChI=1S/C17H20F2N4O2S/c1-10-15(26-11(2)21-10)17(25)22-5-3-12(4-6-22)8-23-9-20-13(16(18)19)7-14(23)24/h7,9,12,16H,3-6,8H2,1-2H3. The molecule has 9 heteroatoms. The van der Waals surface area contributed by atoms with Gasteiger partial charge in [-0.05, 0) is 32.6 Å². The summed E-state index contributed by atoms with van der Waals surface area (Å²) < 4.78 is 26.5. The summed E-state index contributed by atoms with van der Waals surface area (Å²) >= 11 is 1.41. The first kappa shape index (κ1) is 18.6. The number of likely N-dealkylation sites (tertiary alicyclic amines) is 1. The van der Waals surface area contributed by atoms with Gasteiger partial charge < -0.3 is 4.90 Å². The Balaban J connectivity index is 1.60. The quantitative estimate of drug-likeness (QED) is 0.816. The van der Waals surface area contributed by atoms with Crippen LogP contribution in [0.25, 0.3) is 0 Å². The normalized spacial score (nSPS) is 15.7. The van der Waals surface area contributed by atoms with Gasteiger partial charge in [-0.15, -0.1) is 11.3 Å². The van der Waals surface area contributed by atoms with Crippen molar-refractivity contribution in [1.82, 2.24) is 19.4 Å². The third-order valence-electron chi connectivity index (χ3n) is 4.58. The highest BCUT2D eigenvalue weighted by Crippen LogP contribution is 2.24. The second kappa shape index (κ2) is 7.61. The molecule has 0 atom stereocenters. The topological polar surface area (TPSA) is 68.1 Å². The number of aryl methyl sites for hydroxylation is 2. The van der Waals surface area contributed by atoms with E-state index < -0.39 is 17.7 Å². The van der Waals surface area contributed by atoms with Gasteiger partial charge in [0.1, 0.15) is 10.6 Å². The molecule has 26 heavy (non-hydrogen) atoms. The highest BCUT2D eigenvalue weighted by Gasteiger charge is 2.26. The summed E-state index contributed by atoms with van der Waals surface area (Å²) in [6, 6.07) is 0.887. The van der Waals surface area contributed by atoms with E-state index in [1.165, 1.54) is 22.2 Å². The Bertz CT molecular complexity index is 857. The molecule has 0 aromatic carbocycles. The van der Waals surface area contributed by atoms with Gasteiger partial charge >= 0.3 is 0 Å². The number of amides is 1. The molecule has 1 aliphatic rings. The Morgan fingerprint density at radius 3 is 2.58 bits per heavy atom. The van der Waals surface area contributed by atoms with Crippen molar-refractivity contribution in [2.24, 2.45) is 5.92 Å². The largest absolute Gasteiger partial charge is 0.338 e. The second-order valence-corrected chi connectivity index (χ2v) is 7.69. The molecule has 0 aliphatic carbocycles. The molecule has 0 radical (unpaired) electrons. The van der Waals surface area contributed by atoms with Gasteiger partial charge in [-0.1, -0.05) is 0 Å². The van der Waals surface area contributed by atoms with Crippen LogP contribution in [0.4, 0.5) is 8.78 Å². The van der Waals surface area contributed by atoms with E-state index in [0.717, 1.165) is 29.6 Å². The van der Waals surface area contributed by atoms with Gasteiger partial charge in [-0.2, -0.15) is 0 Å². The third kappa shape index (κ3) is 3.98. The first-order valence-corrected chi connectivity index (χ1v) is 9.24. The Kier molecular flexibility index (Phi) is 5.45. The fourth-order valence-electron chi connectivity index (χ4n) is 3.17.